The van der Waals surface area contributed by atoms with E-state index >= 15 is 0 Å². The molecule has 0 bridgehead atoms. The Kier molecular flexibility index (Phi) is 9.44. The van der Waals surface area contributed by atoms with E-state index in [1.54, 1.807) is 39.3 Å². The summed E-state index contributed by atoms with van der Waals surface area (Å²) >= 11 is 5.72. The molecule has 108 valence electrons. The highest BCUT2D eigenvalue weighted by Gasteiger charge is 2.01. The number of rotatable bonds is 4. The van der Waals surface area contributed by atoms with Gasteiger partial charge in [-0.05, 0) is 26.0 Å². The van der Waals surface area contributed by atoms with Crippen molar-refractivity contribution in [3.63, 3.8) is 0 Å². The number of methoxy groups -OCH3 is 2. The summed E-state index contributed by atoms with van der Waals surface area (Å²) in [6.45, 7) is 4.68. The highest BCUT2D eigenvalue weighted by molar-refractivity contribution is 6.30. The topological polar surface area (TPSA) is 56.8 Å². The summed E-state index contributed by atoms with van der Waals surface area (Å²) in [5.74, 6) is 1.34. The molecule has 1 aromatic carbocycles. The average Bonchev–Trinajstić information content (AvgIpc) is 2.40. The number of nitrogens with one attached hydrogen (secondary N) is 1. The van der Waals surface area contributed by atoms with E-state index in [1.165, 1.54) is 0 Å². The first kappa shape index (κ1) is 17.4. The molecule has 1 aromatic rings. The van der Waals surface area contributed by atoms with Crippen molar-refractivity contribution in [1.29, 1.82) is 0 Å². The second-order valence-electron chi connectivity index (χ2n) is 3.25. The summed E-state index contributed by atoms with van der Waals surface area (Å²) < 4.78 is 14.5. The van der Waals surface area contributed by atoms with Gasteiger partial charge in [-0.1, -0.05) is 11.6 Å². The Hall–Kier alpha value is -1.62. The molecule has 0 atom stereocenters. The highest BCUT2D eigenvalue weighted by atomic mass is 35.5. The van der Waals surface area contributed by atoms with Crippen LogP contribution in [0.4, 0.5) is 4.79 Å². The van der Waals surface area contributed by atoms with Crippen molar-refractivity contribution < 1.29 is 19.0 Å². The van der Waals surface area contributed by atoms with Crippen molar-refractivity contribution in [3.8, 4) is 11.5 Å². The van der Waals surface area contributed by atoms with Crippen LogP contribution in [0.25, 0.3) is 0 Å². The van der Waals surface area contributed by atoms with Crippen LogP contribution in [-0.2, 0) is 4.74 Å². The molecule has 0 aliphatic heterocycles. The summed E-state index contributed by atoms with van der Waals surface area (Å²) in [7, 11) is 3.17. The van der Waals surface area contributed by atoms with Gasteiger partial charge < -0.3 is 19.5 Å². The number of ether oxygens (including phenoxy) is 3. The third-order valence-corrected chi connectivity index (χ3v) is 2.18. The van der Waals surface area contributed by atoms with Crippen LogP contribution in [-0.4, -0.2) is 33.5 Å². The highest BCUT2D eigenvalue weighted by Crippen LogP contribution is 2.29. The molecule has 0 aliphatic rings. The van der Waals surface area contributed by atoms with Crippen molar-refractivity contribution >= 4 is 17.7 Å². The molecule has 0 fully saturated rings. The Bertz CT molecular complexity index is 377. The van der Waals surface area contributed by atoms with E-state index in [1.807, 2.05) is 6.92 Å². The third kappa shape index (κ3) is 7.41. The van der Waals surface area contributed by atoms with Crippen LogP contribution in [0.3, 0.4) is 0 Å². The lowest BCUT2D eigenvalue weighted by molar-refractivity contribution is 0.153. The molecule has 0 aromatic heterocycles. The molecule has 0 saturated heterocycles. The molecule has 1 N–H and O–H groups in total. The molecule has 0 unspecified atom stereocenters. The minimum Gasteiger partial charge on any atom is -0.493 e. The average molecular weight is 290 g/mol. The van der Waals surface area contributed by atoms with E-state index in [9.17, 15) is 4.79 Å². The van der Waals surface area contributed by atoms with Gasteiger partial charge in [-0.3, -0.25) is 0 Å². The van der Waals surface area contributed by atoms with Gasteiger partial charge in [-0.25, -0.2) is 4.79 Å². The normalized spacial score (nSPS) is 8.89. The van der Waals surface area contributed by atoms with E-state index in [0.717, 1.165) is 0 Å². The lowest BCUT2D eigenvalue weighted by atomic mass is 10.3. The molecule has 0 radical (unpaired) electrons. The zero-order valence-electron chi connectivity index (χ0n) is 11.7. The fraction of sp³-hybridized carbons (Fsp3) is 0.462. The van der Waals surface area contributed by atoms with E-state index < -0.39 is 0 Å². The summed E-state index contributed by atoms with van der Waals surface area (Å²) in [6, 6.07) is 5.23. The number of carbonyl (C=O) groups excluding carboxylic acids is 1. The van der Waals surface area contributed by atoms with Crippen molar-refractivity contribution in [2.24, 2.45) is 0 Å². The van der Waals surface area contributed by atoms with Gasteiger partial charge in [0.15, 0.2) is 11.5 Å². The maximum absolute atomic E-state index is 10.3. The lowest BCUT2D eigenvalue weighted by Gasteiger charge is -2.06. The molecule has 0 spiro atoms. The van der Waals surface area contributed by atoms with Crippen LogP contribution < -0.4 is 14.8 Å². The monoisotopic (exact) mass is 289 g/mol. The van der Waals surface area contributed by atoms with Crippen molar-refractivity contribution in [1.82, 2.24) is 5.32 Å². The first-order valence-corrected chi connectivity index (χ1v) is 6.24. The fourth-order valence-electron chi connectivity index (χ4n) is 1.14. The van der Waals surface area contributed by atoms with Gasteiger partial charge in [0.2, 0.25) is 0 Å². The Labute approximate surface area is 118 Å². The second-order valence-corrected chi connectivity index (χ2v) is 3.69. The summed E-state index contributed by atoms with van der Waals surface area (Å²) in [5.41, 5.74) is 0. The van der Waals surface area contributed by atoms with E-state index in [0.29, 0.717) is 29.7 Å². The second kappa shape index (κ2) is 10.3. The Balaban J connectivity index is 0.000000362. The van der Waals surface area contributed by atoms with Crippen molar-refractivity contribution in [2.45, 2.75) is 13.8 Å². The summed E-state index contributed by atoms with van der Waals surface area (Å²) in [5, 5.41) is 3.13. The Morgan fingerprint density at radius 2 is 1.84 bits per heavy atom. The molecule has 0 aliphatic carbocycles. The molecule has 19 heavy (non-hydrogen) atoms. The van der Waals surface area contributed by atoms with Crippen molar-refractivity contribution in [3.05, 3.63) is 23.2 Å². The van der Waals surface area contributed by atoms with E-state index in [2.05, 4.69) is 10.1 Å². The van der Waals surface area contributed by atoms with Gasteiger partial charge in [0, 0.05) is 17.6 Å². The van der Waals surface area contributed by atoms with Gasteiger partial charge in [0.05, 0.1) is 20.8 Å². The SMILES string of the molecule is CCNC(=O)OCC.COc1ccc(Cl)cc1OC. The van der Waals surface area contributed by atoms with Gasteiger partial charge >= 0.3 is 6.09 Å². The number of alkyl carbamates (subject to hydrolysis) is 1. The zero-order chi connectivity index (χ0) is 14.7. The maximum Gasteiger partial charge on any atom is 0.407 e. The molecule has 1 rings (SSSR count). The summed E-state index contributed by atoms with van der Waals surface area (Å²) in [6.07, 6.45) is -0.338. The fourth-order valence-corrected chi connectivity index (χ4v) is 1.30. The molecule has 5 nitrogen and oxygen atoms in total. The van der Waals surface area contributed by atoms with Crippen LogP contribution in [0.15, 0.2) is 18.2 Å². The van der Waals surface area contributed by atoms with E-state index in [4.69, 9.17) is 21.1 Å². The molecular formula is C13H20ClNO4. The number of hydrogen-bond acceptors (Lipinski definition) is 4. The molecule has 1 amide bonds. The number of amides is 1. The van der Waals surface area contributed by atoms with E-state index in [-0.39, 0.29) is 6.09 Å². The van der Waals surface area contributed by atoms with Crippen LogP contribution in [0, 0.1) is 0 Å². The number of benzene rings is 1. The van der Waals surface area contributed by atoms with Crippen LogP contribution in [0.1, 0.15) is 13.8 Å². The van der Waals surface area contributed by atoms with Gasteiger partial charge in [-0.15, -0.1) is 0 Å². The molecule has 0 heterocycles. The zero-order valence-corrected chi connectivity index (χ0v) is 12.4. The quantitative estimate of drug-likeness (QED) is 0.925. The van der Waals surface area contributed by atoms with Crippen LogP contribution >= 0.6 is 11.6 Å². The smallest absolute Gasteiger partial charge is 0.407 e. The van der Waals surface area contributed by atoms with Crippen molar-refractivity contribution in [2.75, 3.05) is 27.4 Å². The van der Waals surface area contributed by atoms with Crippen LogP contribution in [0.2, 0.25) is 5.02 Å². The Morgan fingerprint density at radius 3 is 2.32 bits per heavy atom. The standard InChI is InChI=1S/C8H9ClO2.C5H11NO2/c1-10-7-4-3-6(9)5-8(7)11-2;1-3-6-5(7)8-4-2/h3-5H,1-2H3;3-4H2,1-2H3,(H,6,7). The molecule has 6 heteroatoms. The lowest BCUT2D eigenvalue weighted by Crippen LogP contribution is -2.23. The molecule has 0 saturated carbocycles. The van der Waals surface area contributed by atoms with Gasteiger partial charge in [0.25, 0.3) is 0 Å². The number of carbonyl (C=O) groups is 1. The first-order chi connectivity index (χ1) is 9.08. The Morgan fingerprint density at radius 1 is 1.21 bits per heavy atom. The number of halogens is 1. The molecular weight excluding hydrogens is 270 g/mol. The largest absolute Gasteiger partial charge is 0.493 e. The predicted molar refractivity (Wildman–Crippen MR) is 75.3 cm³/mol. The van der Waals surface area contributed by atoms with Gasteiger partial charge in [-0.2, -0.15) is 0 Å². The number of hydrogen-bond donors (Lipinski definition) is 1. The van der Waals surface area contributed by atoms with Gasteiger partial charge in [0.1, 0.15) is 0 Å². The first-order valence-electron chi connectivity index (χ1n) is 5.87. The van der Waals surface area contributed by atoms with Crippen LogP contribution in [0.5, 0.6) is 11.5 Å². The third-order valence-electron chi connectivity index (χ3n) is 1.94. The predicted octanol–water partition coefficient (Wildman–Crippen LogP) is 3.11. The summed E-state index contributed by atoms with van der Waals surface area (Å²) in [4.78, 5) is 10.3. The minimum absolute atomic E-state index is 0.338. The maximum atomic E-state index is 10.3. The minimum atomic E-state index is -0.338.